The molecule has 0 aliphatic carbocycles. The largest absolute Gasteiger partial charge is 0.369 e. The van der Waals surface area contributed by atoms with E-state index in [2.05, 4.69) is 38.1 Å². The van der Waals surface area contributed by atoms with Crippen LogP contribution in [0.15, 0.2) is 0 Å². The van der Waals surface area contributed by atoms with Gasteiger partial charge in [-0.1, -0.05) is 13.8 Å². The Bertz CT molecular complexity index is 663. The first-order chi connectivity index (χ1) is 11.8. The van der Waals surface area contributed by atoms with E-state index < -0.39 is 6.17 Å². The molecule has 5 nitrogen and oxygen atoms in total. The van der Waals surface area contributed by atoms with Crippen molar-refractivity contribution in [2.24, 2.45) is 0 Å². The Balaban J connectivity index is 2.02. The van der Waals surface area contributed by atoms with Gasteiger partial charge in [-0.3, -0.25) is 4.79 Å². The minimum Gasteiger partial charge on any atom is -0.369 e. The van der Waals surface area contributed by atoms with Gasteiger partial charge in [0.05, 0.1) is 11.2 Å². The number of carbonyl (C=O) groups excluding carboxylic acids is 1. The number of halogens is 1. The molecule has 0 bridgehead atoms. The highest BCUT2D eigenvalue weighted by atomic mass is 19.1. The summed E-state index contributed by atoms with van der Waals surface area (Å²) in [4.78, 5) is 15.4. The van der Waals surface area contributed by atoms with Crippen LogP contribution in [0.2, 0.25) is 0 Å². The molecule has 1 fully saturated rings. The summed E-state index contributed by atoms with van der Waals surface area (Å²) in [6.07, 6.45) is 2.56. The number of piperidine rings is 1. The number of nitrogens with one attached hydrogen (secondary N) is 1. The summed E-state index contributed by atoms with van der Waals surface area (Å²) in [5, 5.41) is 8.05. The van der Waals surface area contributed by atoms with Gasteiger partial charge in [0.1, 0.15) is 17.6 Å². The van der Waals surface area contributed by atoms with Crippen molar-refractivity contribution in [3.63, 3.8) is 0 Å². The van der Waals surface area contributed by atoms with Crippen molar-refractivity contribution in [1.29, 1.82) is 0 Å². The van der Waals surface area contributed by atoms with E-state index in [4.69, 9.17) is 0 Å². The molecule has 2 aliphatic rings. The van der Waals surface area contributed by atoms with Crippen LogP contribution >= 0.6 is 0 Å². The number of alkyl halides is 1. The molecule has 1 aromatic rings. The van der Waals surface area contributed by atoms with Gasteiger partial charge in [0.25, 0.3) is 5.91 Å². The fraction of sp³-hybridized carbons (Fsp3) is 0.789. The van der Waals surface area contributed by atoms with Crippen molar-refractivity contribution in [1.82, 2.24) is 14.7 Å². The minimum atomic E-state index is -0.816. The summed E-state index contributed by atoms with van der Waals surface area (Å²) in [5.74, 6) is 0.821. The lowest BCUT2D eigenvalue weighted by Gasteiger charge is -2.48. The summed E-state index contributed by atoms with van der Waals surface area (Å²) < 4.78 is 16.1. The van der Waals surface area contributed by atoms with Gasteiger partial charge in [0, 0.05) is 25.0 Å². The maximum atomic E-state index is 14.1. The summed E-state index contributed by atoms with van der Waals surface area (Å²) in [5.41, 5.74) is 0.921. The fourth-order valence-electron chi connectivity index (χ4n) is 4.48. The van der Waals surface area contributed by atoms with Gasteiger partial charge < -0.3 is 10.2 Å². The van der Waals surface area contributed by atoms with E-state index in [-0.39, 0.29) is 17.0 Å². The molecular formula is C19H31FN4O. The molecule has 140 valence electrons. The molecule has 0 aromatic carbocycles. The van der Waals surface area contributed by atoms with Crippen LogP contribution in [0.1, 0.15) is 75.9 Å². The minimum absolute atomic E-state index is 0.000417. The zero-order valence-electron chi connectivity index (χ0n) is 16.2. The number of hydrogen-bond acceptors (Lipinski definition) is 3. The number of rotatable bonds is 3. The molecule has 1 aromatic heterocycles. The van der Waals surface area contributed by atoms with E-state index in [1.807, 2.05) is 16.5 Å². The van der Waals surface area contributed by atoms with E-state index in [1.165, 1.54) is 0 Å². The molecule has 2 aliphatic heterocycles. The van der Waals surface area contributed by atoms with Gasteiger partial charge in [-0.05, 0) is 46.5 Å². The lowest BCUT2D eigenvalue weighted by atomic mass is 9.80. The number of carbonyl (C=O) groups is 1. The molecule has 1 unspecified atom stereocenters. The fourth-order valence-corrected chi connectivity index (χ4v) is 4.48. The topological polar surface area (TPSA) is 50.2 Å². The van der Waals surface area contributed by atoms with Gasteiger partial charge in [-0.2, -0.15) is 5.10 Å². The summed E-state index contributed by atoms with van der Waals surface area (Å²) in [6, 6.07) is 0. The highest BCUT2D eigenvalue weighted by molar-refractivity contribution is 6.00. The first-order valence-corrected chi connectivity index (χ1v) is 9.56. The highest BCUT2D eigenvalue weighted by Crippen LogP contribution is 2.39. The van der Waals surface area contributed by atoms with E-state index in [1.54, 1.807) is 0 Å². The number of amides is 1. The second-order valence-electron chi connectivity index (χ2n) is 8.19. The Hall–Kier alpha value is -1.59. The van der Waals surface area contributed by atoms with Crippen molar-refractivity contribution < 1.29 is 9.18 Å². The van der Waals surface area contributed by atoms with Crippen LogP contribution < -0.4 is 5.32 Å². The van der Waals surface area contributed by atoms with Crippen molar-refractivity contribution >= 4 is 11.7 Å². The maximum Gasteiger partial charge on any atom is 0.259 e. The van der Waals surface area contributed by atoms with Crippen LogP contribution in [-0.2, 0) is 5.54 Å². The SMILES string of the molecule is CCC1(CC)CC(F)CCN1C(=O)c1c(C)nn2c1NCCC2(C)C. The monoisotopic (exact) mass is 350 g/mol. The molecule has 0 spiro atoms. The number of likely N-dealkylation sites (tertiary alicyclic amines) is 1. The van der Waals surface area contributed by atoms with Gasteiger partial charge in [-0.15, -0.1) is 0 Å². The number of hydrogen-bond donors (Lipinski definition) is 1. The molecule has 25 heavy (non-hydrogen) atoms. The van der Waals surface area contributed by atoms with Gasteiger partial charge >= 0.3 is 0 Å². The number of fused-ring (bicyclic) bond motifs is 1. The summed E-state index contributed by atoms with van der Waals surface area (Å²) in [7, 11) is 0. The van der Waals surface area contributed by atoms with Crippen LogP contribution in [0, 0.1) is 6.92 Å². The molecule has 1 saturated heterocycles. The smallest absolute Gasteiger partial charge is 0.259 e. The van der Waals surface area contributed by atoms with Crippen LogP contribution in [0.5, 0.6) is 0 Å². The van der Waals surface area contributed by atoms with E-state index in [0.717, 1.165) is 37.3 Å². The third-order valence-electron chi connectivity index (χ3n) is 6.28. The second-order valence-corrected chi connectivity index (χ2v) is 8.19. The Morgan fingerprint density at radius 3 is 2.68 bits per heavy atom. The number of anilines is 1. The number of nitrogens with zero attached hydrogens (tertiary/aromatic N) is 3. The molecule has 3 heterocycles. The van der Waals surface area contributed by atoms with Crippen LogP contribution in [0.25, 0.3) is 0 Å². The molecule has 6 heteroatoms. The average molecular weight is 350 g/mol. The van der Waals surface area contributed by atoms with Crippen molar-refractivity contribution in [3.05, 3.63) is 11.3 Å². The predicted molar refractivity (Wildman–Crippen MR) is 97.9 cm³/mol. The van der Waals surface area contributed by atoms with Crippen LogP contribution in [0.3, 0.4) is 0 Å². The standard InChI is InChI=1S/C19H31FN4O/c1-6-19(7-2)12-14(20)8-11-23(19)17(25)15-13(3)22-24-16(15)21-10-9-18(24,4)5/h14,21H,6-12H2,1-5H3. The van der Waals surface area contributed by atoms with Crippen molar-refractivity contribution in [3.8, 4) is 0 Å². The zero-order valence-corrected chi connectivity index (χ0v) is 16.2. The van der Waals surface area contributed by atoms with Gasteiger partial charge in [-0.25, -0.2) is 9.07 Å². The second kappa shape index (κ2) is 6.29. The number of aromatic nitrogens is 2. The highest BCUT2D eigenvalue weighted by Gasteiger charge is 2.44. The van der Waals surface area contributed by atoms with Gasteiger partial charge in [0.2, 0.25) is 0 Å². The third-order valence-corrected chi connectivity index (χ3v) is 6.28. The van der Waals surface area contributed by atoms with E-state index in [0.29, 0.717) is 24.9 Å². The Morgan fingerprint density at radius 1 is 1.36 bits per heavy atom. The van der Waals surface area contributed by atoms with E-state index >= 15 is 0 Å². The Kier molecular flexibility index (Phi) is 4.58. The molecular weight excluding hydrogens is 319 g/mol. The van der Waals surface area contributed by atoms with Gasteiger partial charge in [0.15, 0.2) is 0 Å². The van der Waals surface area contributed by atoms with Crippen LogP contribution in [-0.4, -0.2) is 45.4 Å². The van der Waals surface area contributed by atoms with Crippen molar-refractivity contribution in [2.75, 3.05) is 18.4 Å². The van der Waals surface area contributed by atoms with Crippen molar-refractivity contribution in [2.45, 2.75) is 84.0 Å². The molecule has 1 N–H and O–H groups in total. The molecule has 0 radical (unpaired) electrons. The lowest BCUT2D eigenvalue weighted by Crippen LogP contribution is -2.56. The third kappa shape index (κ3) is 2.83. The molecule has 1 atom stereocenters. The summed E-state index contributed by atoms with van der Waals surface area (Å²) in [6.45, 7) is 11.6. The van der Waals surface area contributed by atoms with E-state index in [9.17, 15) is 9.18 Å². The first kappa shape index (κ1) is 18.2. The average Bonchev–Trinajstić information content (AvgIpc) is 2.91. The zero-order chi connectivity index (χ0) is 18.4. The number of aryl methyl sites for hydroxylation is 1. The Morgan fingerprint density at radius 2 is 2.04 bits per heavy atom. The molecule has 3 rings (SSSR count). The molecule has 0 saturated carbocycles. The Labute approximate surface area is 150 Å². The summed E-state index contributed by atoms with van der Waals surface area (Å²) >= 11 is 0. The first-order valence-electron chi connectivity index (χ1n) is 9.56. The lowest BCUT2D eigenvalue weighted by molar-refractivity contribution is 0.00664. The van der Waals surface area contributed by atoms with Crippen LogP contribution in [0.4, 0.5) is 10.2 Å². The quantitative estimate of drug-likeness (QED) is 0.900. The normalized spacial score (nSPS) is 24.6. The maximum absolute atomic E-state index is 14.1. The predicted octanol–water partition coefficient (Wildman–Crippen LogP) is 3.88. The molecule has 1 amide bonds.